The highest BCUT2D eigenvalue weighted by Crippen LogP contribution is 2.42. The van der Waals surface area contributed by atoms with Crippen molar-refractivity contribution < 1.29 is 54.1 Å². The first-order valence-corrected chi connectivity index (χ1v) is 10.5. The molecule has 0 bridgehead atoms. The normalized spacial score (nSPS) is 28.5. The van der Waals surface area contributed by atoms with Gasteiger partial charge >= 0.3 is 5.97 Å². The number of phenols is 2. The van der Waals surface area contributed by atoms with Crippen LogP contribution in [0.5, 0.6) is 23.0 Å². The molecule has 0 unspecified atom stereocenters. The number of benzene rings is 2. The number of esters is 1. The van der Waals surface area contributed by atoms with Crippen molar-refractivity contribution in [3.8, 4) is 23.0 Å². The van der Waals surface area contributed by atoms with E-state index < -0.39 is 48.5 Å². The molecule has 0 aromatic heterocycles. The SMILES string of the molecule is CC(=O)OC[C@@H]1O[C@@H](Oc2cc(O)c3c(c2)O[C@H](c2ccc(O)cc2)CC3=O)[C@@H](O)[C@@H](O)[C@H]1O. The lowest BCUT2D eigenvalue weighted by molar-refractivity contribution is -0.278. The number of Topliss-reactive ketones (excluding diaryl/α,β-unsaturated/α-hetero) is 1. The maximum Gasteiger partial charge on any atom is 0.302 e. The third-order valence-corrected chi connectivity index (χ3v) is 5.61. The number of fused-ring (bicyclic) bond motifs is 1. The summed E-state index contributed by atoms with van der Waals surface area (Å²) >= 11 is 0. The van der Waals surface area contributed by atoms with Crippen molar-refractivity contribution >= 4 is 11.8 Å². The number of aromatic hydroxyl groups is 2. The zero-order valence-electron chi connectivity index (χ0n) is 18.0. The largest absolute Gasteiger partial charge is 0.508 e. The Morgan fingerprint density at radius 1 is 1.06 bits per heavy atom. The molecule has 1 fully saturated rings. The van der Waals surface area contributed by atoms with Gasteiger partial charge in [0.25, 0.3) is 0 Å². The second kappa shape index (κ2) is 9.47. The molecular weight excluding hydrogens is 452 g/mol. The average Bonchev–Trinajstić information content (AvgIpc) is 2.78. The fraction of sp³-hybridized carbons (Fsp3) is 0.391. The minimum absolute atomic E-state index is 0.0299. The summed E-state index contributed by atoms with van der Waals surface area (Å²) in [6.45, 7) is 0.776. The number of phenolic OH excluding ortho intramolecular Hbond substituents is 2. The van der Waals surface area contributed by atoms with Crippen molar-refractivity contribution in [2.75, 3.05) is 6.61 Å². The van der Waals surface area contributed by atoms with Gasteiger partial charge in [0.2, 0.25) is 6.29 Å². The van der Waals surface area contributed by atoms with Crippen LogP contribution in [0.2, 0.25) is 0 Å². The van der Waals surface area contributed by atoms with Gasteiger partial charge in [-0.25, -0.2) is 0 Å². The van der Waals surface area contributed by atoms with Crippen LogP contribution >= 0.6 is 0 Å². The van der Waals surface area contributed by atoms with E-state index in [2.05, 4.69) is 0 Å². The highest BCUT2D eigenvalue weighted by molar-refractivity contribution is 6.02. The second-order valence-electron chi connectivity index (χ2n) is 8.08. The molecule has 5 N–H and O–H groups in total. The Morgan fingerprint density at radius 3 is 2.44 bits per heavy atom. The highest BCUT2D eigenvalue weighted by Gasteiger charge is 2.45. The molecule has 11 nitrogen and oxygen atoms in total. The topological polar surface area (TPSA) is 172 Å². The zero-order chi connectivity index (χ0) is 24.6. The number of hydrogen-bond donors (Lipinski definition) is 5. The molecule has 0 radical (unpaired) electrons. The molecule has 2 aliphatic rings. The average molecular weight is 476 g/mol. The van der Waals surface area contributed by atoms with Crippen LogP contribution in [-0.4, -0.2) is 74.6 Å². The molecule has 6 atom stereocenters. The van der Waals surface area contributed by atoms with E-state index in [1.165, 1.54) is 18.2 Å². The molecule has 11 heteroatoms. The van der Waals surface area contributed by atoms with Crippen molar-refractivity contribution in [1.82, 2.24) is 0 Å². The fourth-order valence-corrected chi connectivity index (χ4v) is 3.84. The summed E-state index contributed by atoms with van der Waals surface area (Å²) in [6.07, 6.45) is -8.26. The van der Waals surface area contributed by atoms with Gasteiger partial charge in [0.15, 0.2) is 5.78 Å². The van der Waals surface area contributed by atoms with Crippen molar-refractivity contribution in [2.45, 2.75) is 50.2 Å². The maximum atomic E-state index is 12.7. The van der Waals surface area contributed by atoms with E-state index >= 15 is 0 Å². The summed E-state index contributed by atoms with van der Waals surface area (Å²) in [4.78, 5) is 23.7. The Hall–Kier alpha value is -3.38. The lowest BCUT2D eigenvalue weighted by Crippen LogP contribution is -2.60. The van der Waals surface area contributed by atoms with Crippen LogP contribution in [-0.2, 0) is 14.3 Å². The van der Waals surface area contributed by atoms with Gasteiger partial charge in [-0.1, -0.05) is 12.1 Å². The molecule has 0 saturated carbocycles. The number of ether oxygens (including phenoxy) is 4. The predicted octanol–water partition coefficient (Wildman–Crippen LogP) is 0.554. The van der Waals surface area contributed by atoms with Crippen molar-refractivity contribution in [3.05, 3.63) is 47.5 Å². The molecule has 2 aromatic rings. The number of ketones is 1. The van der Waals surface area contributed by atoms with Gasteiger partial charge < -0.3 is 44.5 Å². The predicted molar refractivity (Wildman–Crippen MR) is 112 cm³/mol. The highest BCUT2D eigenvalue weighted by atomic mass is 16.7. The smallest absolute Gasteiger partial charge is 0.302 e. The molecule has 2 aromatic carbocycles. The lowest BCUT2D eigenvalue weighted by Gasteiger charge is -2.40. The molecule has 0 amide bonds. The quantitative estimate of drug-likeness (QED) is 0.382. The Labute approximate surface area is 193 Å². The van der Waals surface area contributed by atoms with Crippen LogP contribution in [0.15, 0.2) is 36.4 Å². The van der Waals surface area contributed by atoms with Gasteiger partial charge in [-0.15, -0.1) is 0 Å². The van der Waals surface area contributed by atoms with E-state index in [9.17, 15) is 35.1 Å². The number of hydrogen-bond acceptors (Lipinski definition) is 11. The van der Waals surface area contributed by atoms with Crippen LogP contribution in [0.25, 0.3) is 0 Å². The van der Waals surface area contributed by atoms with Crippen molar-refractivity contribution in [1.29, 1.82) is 0 Å². The Bertz CT molecular complexity index is 1070. The van der Waals surface area contributed by atoms with E-state index in [4.69, 9.17) is 18.9 Å². The Morgan fingerprint density at radius 2 is 1.76 bits per heavy atom. The maximum absolute atomic E-state index is 12.7. The molecule has 34 heavy (non-hydrogen) atoms. The van der Waals surface area contributed by atoms with Gasteiger partial charge in [0.1, 0.15) is 65.7 Å². The fourth-order valence-electron chi connectivity index (χ4n) is 3.84. The number of aliphatic hydroxyl groups is 3. The van der Waals surface area contributed by atoms with Crippen LogP contribution < -0.4 is 9.47 Å². The molecule has 0 aliphatic carbocycles. The number of aliphatic hydroxyl groups excluding tert-OH is 3. The first kappa shape index (κ1) is 23.8. The standard InChI is InChI=1S/C23H24O11/c1-10(24)31-9-18-20(28)21(29)22(30)23(34-18)32-13-6-14(26)19-15(27)8-16(33-17(19)7-13)11-2-4-12(25)5-3-11/h2-7,16,18,20-23,25-26,28-30H,8-9H2,1H3/t16-,18-,20-,21-,22-,23+/m0/s1. The molecule has 2 aliphatic heterocycles. The van der Waals surface area contributed by atoms with Crippen LogP contribution in [0.3, 0.4) is 0 Å². The number of carbonyl (C=O) groups is 2. The van der Waals surface area contributed by atoms with E-state index in [1.807, 2.05) is 0 Å². The first-order valence-electron chi connectivity index (χ1n) is 10.5. The molecule has 182 valence electrons. The lowest BCUT2D eigenvalue weighted by atomic mass is 9.95. The summed E-state index contributed by atoms with van der Waals surface area (Å²) in [5.41, 5.74) is 0.606. The summed E-state index contributed by atoms with van der Waals surface area (Å²) < 4.78 is 21.8. The van der Waals surface area contributed by atoms with Crippen LogP contribution in [0.1, 0.15) is 35.4 Å². The van der Waals surface area contributed by atoms with Crippen LogP contribution in [0, 0.1) is 0 Å². The first-order chi connectivity index (χ1) is 16.1. The van der Waals surface area contributed by atoms with Gasteiger partial charge in [-0.05, 0) is 17.7 Å². The molecule has 1 saturated heterocycles. The third-order valence-electron chi connectivity index (χ3n) is 5.61. The van der Waals surface area contributed by atoms with Gasteiger partial charge in [-0.2, -0.15) is 0 Å². The summed E-state index contributed by atoms with van der Waals surface area (Å²) in [7, 11) is 0. The molecule has 0 spiro atoms. The monoisotopic (exact) mass is 476 g/mol. The Balaban J connectivity index is 1.56. The van der Waals surface area contributed by atoms with Crippen LogP contribution in [0.4, 0.5) is 0 Å². The summed E-state index contributed by atoms with van der Waals surface area (Å²) in [5.74, 6) is -1.36. The molecule has 2 heterocycles. The zero-order valence-corrected chi connectivity index (χ0v) is 18.0. The van der Waals surface area contributed by atoms with Gasteiger partial charge in [0, 0.05) is 19.1 Å². The minimum Gasteiger partial charge on any atom is -0.508 e. The summed E-state index contributed by atoms with van der Waals surface area (Å²) in [6, 6.07) is 8.61. The van der Waals surface area contributed by atoms with E-state index in [0.29, 0.717) is 5.56 Å². The minimum atomic E-state index is -1.67. The number of rotatable bonds is 5. The molecule has 4 rings (SSSR count). The summed E-state index contributed by atoms with van der Waals surface area (Å²) in [5, 5.41) is 50.4. The van der Waals surface area contributed by atoms with Crippen molar-refractivity contribution in [3.63, 3.8) is 0 Å². The Kier molecular flexibility index (Phi) is 6.62. The number of carbonyl (C=O) groups excluding carboxylic acids is 2. The van der Waals surface area contributed by atoms with E-state index in [-0.39, 0.29) is 41.6 Å². The van der Waals surface area contributed by atoms with Gasteiger partial charge in [-0.3, -0.25) is 9.59 Å². The third kappa shape index (κ3) is 4.77. The molecular formula is C23H24O11. The van der Waals surface area contributed by atoms with Gasteiger partial charge in [0.05, 0.1) is 6.42 Å². The van der Waals surface area contributed by atoms with E-state index in [1.54, 1.807) is 12.1 Å². The van der Waals surface area contributed by atoms with Crippen molar-refractivity contribution in [2.24, 2.45) is 0 Å². The van der Waals surface area contributed by atoms with E-state index in [0.717, 1.165) is 13.0 Å². The second-order valence-corrected chi connectivity index (χ2v) is 8.08.